The predicted octanol–water partition coefficient (Wildman–Crippen LogP) is 2.21. The van der Waals surface area contributed by atoms with E-state index in [4.69, 9.17) is 0 Å². The van der Waals surface area contributed by atoms with Gasteiger partial charge >= 0.3 is 0 Å². The first kappa shape index (κ1) is 19.8. The van der Waals surface area contributed by atoms with Gasteiger partial charge in [-0.3, -0.25) is 4.99 Å². The molecule has 1 aromatic carbocycles. The van der Waals surface area contributed by atoms with Gasteiger partial charge in [-0.1, -0.05) is 25.5 Å². The molecule has 0 spiro atoms. The van der Waals surface area contributed by atoms with Crippen LogP contribution in [0.5, 0.6) is 5.75 Å². The molecule has 2 fully saturated rings. The van der Waals surface area contributed by atoms with Crippen LogP contribution in [0.3, 0.4) is 0 Å². The Hall–Kier alpha value is -1.95. The molecular formula is C21H35N5O. The molecule has 1 atom stereocenters. The number of nitrogens with zero attached hydrogens (tertiary/aromatic N) is 4. The van der Waals surface area contributed by atoms with E-state index < -0.39 is 0 Å². The molecule has 3 rings (SSSR count). The maximum atomic E-state index is 10.1. The second-order valence-electron chi connectivity index (χ2n) is 7.86. The summed E-state index contributed by atoms with van der Waals surface area (Å²) in [5, 5.41) is 13.6. The number of hydrogen-bond donors (Lipinski definition) is 2. The van der Waals surface area contributed by atoms with Crippen LogP contribution >= 0.6 is 0 Å². The van der Waals surface area contributed by atoms with E-state index >= 15 is 0 Å². The average Bonchev–Trinajstić information content (AvgIpc) is 2.70. The van der Waals surface area contributed by atoms with Crippen LogP contribution in [-0.4, -0.2) is 80.3 Å². The molecule has 6 heteroatoms. The Morgan fingerprint density at radius 2 is 1.78 bits per heavy atom. The van der Waals surface area contributed by atoms with Crippen LogP contribution in [0.25, 0.3) is 0 Å². The van der Waals surface area contributed by atoms with E-state index in [1.807, 2.05) is 25.2 Å². The van der Waals surface area contributed by atoms with Crippen molar-refractivity contribution in [2.75, 3.05) is 64.3 Å². The second kappa shape index (κ2) is 9.83. The quantitative estimate of drug-likeness (QED) is 0.612. The molecule has 1 unspecified atom stereocenters. The zero-order valence-electron chi connectivity index (χ0n) is 16.9. The number of benzene rings is 1. The molecule has 27 heavy (non-hydrogen) atoms. The number of hydrogen-bond acceptors (Lipinski definition) is 4. The summed E-state index contributed by atoms with van der Waals surface area (Å²) in [5.41, 5.74) is 0.926. The fourth-order valence-electron chi connectivity index (χ4n) is 4.14. The predicted molar refractivity (Wildman–Crippen MR) is 113 cm³/mol. The summed E-state index contributed by atoms with van der Waals surface area (Å²) in [7, 11) is 1.87. The van der Waals surface area contributed by atoms with E-state index in [1.54, 1.807) is 6.07 Å². The minimum atomic E-state index is 0.361. The molecule has 0 saturated carbocycles. The van der Waals surface area contributed by atoms with Crippen molar-refractivity contribution in [3.05, 3.63) is 24.3 Å². The Morgan fingerprint density at radius 3 is 2.44 bits per heavy atom. The number of phenols is 1. The van der Waals surface area contributed by atoms with Crippen molar-refractivity contribution in [1.82, 2.24) is 15.1 Å². The molecule has 1 aromatic rings. The summed E-state index contributed by atoms with van der Waals surface area (Å²) >= 11 is 0. The van der Waals surface area contributed by atoms with E-state index in [0.717, 1.165) is 44.4 Å². The number of phenolic OH excluding ortho intramolecular Hbond substituents is 1. The number of guanidine groups is 1. The highest BCUT2D eigenvalue weighted by Crippen LogP contribution is 2.27. The van der Waals surface area contributed by atoms with E-state index in [2.05, 4.69) is 31.9 Å². The van der Waals surface area contributed by atoms with Gasteiger partial charge in [0, 0.05) is 46.3 Å². The number of piperidine rings is 1. The lowest BCUT2D eigenvalue weighted by atomic mass is 10.1. The van der Waals surface area contributed by atoms with Crippen LogP contribution in [0, 0.1) is 5.92 Å². The third kappa shape index (κ3) is 5.51. The highest BCUT2D eigenvalue weighted by atomic mass is 16.3. The molecule has 0 bridgehead atoms. The molecule has 0 radical (unpaired) electrons. The Bertz CT molecular complexity index is 606. The maximum absolute atomic E-state index is 10.1. The second-order valence-corrected chi connectivity index (χ2v) is 7.86. The van der Waals surface area contributed by atoms with Crippen LogP contribution in [-0.2, 0) is 0 Å². The van der Waals surface area contributed by atoms with Gasteiger partial charge in [0.05, 0.1) is 5.69 Å². The van der Waals surface area contributed by atoms with E-state index in [-0.39, 0.29) is 0 Å². The number of aromatic hydroxyl groups is 1. The minimum Gasteiger partial charge on any atom is -0.506 e. The number of aliphatic imine (C=N–C) groups is 1. The maximum Gasteiger partial charge on any atom is 0.193 e. The summed E-state index contributed by atoms with van der Waals surface area (Å²) in [5.74, 6) is 1.97. The van der Waals surface area contributed by atoms with Gasteiger partial charge in [0.2, 0.25) is 0 Å². The summed E-state index contributed by atoms with van der Waals surface area (Å²) in [6, 6.07) is 7.59. The lowest BCUT2D eigenvalue weighted by Crippen LogP contribution is -2.53. The van der Waals surface area contributed by atoms with Gasteiger partial charge in [-0.25, -0.2) is 0 Å². The first-order valence-electron chi connectivity index (χ1n) is 10.4. The van der Waals surface area contributed by atoms with Gasteiger partial charge < -0.3 is 25.1 Å². The number of piperazine rings is 1. The SMILES string of the molecule is CN=C(NCC(C)CN1CCCCC1)N1CCN(c2ccccc2O)CC1. The largest absolute Gasteiger partial charge is 0.506 e. The average molecular weight is 374 g/mol. The van der Waals surface area contributed by atoms with Crippen LogP contribution < -0.4 is 10.2 Å². The van der Waals surface area contributed by atoms with Crippen molar-refractivity contribution in [2.45, 2.75) is 26.2 Å². The number of anilines is 1. The highest BCUT2D eigenvalue weighted by Gasteiger charge is 2.22. The molecule has 6 nitrogen and oxygen atoms in total. The van der Waals surface area contributed by atoms with E-state index in [1.165, 1.54) is 38.9 Å². The van der Waals surface area contributed by atoms with Crippen molar-refractivity contribution in [2.24, 2.45) is 10.9 Å². The molecule has 0 aromatic heterocycles. The van der Waals surface area contributed by atoms with Crippen molar-refractivity contribution < 1.29 is 5.11 Å². The Balaban J connectivity index is 1.44. The lowest BCUT2D eigenvalue weighted by molar-refractivity contribution is 0.200. The fraction of sp³-hybridized carbons (Fsp3) is 0.667. The van der Waals surface area contributed by atoms with E-state index in [0.29, 0.717) is 11.7 Å². The van der Waals surface area contributed by atoms with Crippen molar-refractivity contribution in [1.29, 1.82) is 0 Å². The van der Waals surface area contributed by atoms with E-state index in [9.17, 15) is 5.11 Å². The molecule has 2 heterocycles. The highest BCUT2D eigenvalue weighted by molar-refractivity contribution is 5.80. The summed E-state index contributed by atoms with van der Waals surface area (Å²) < 4.78 is 0. The number of nitrogens with one attached hydrogen (secondary N) is 1. The minimum absolute atomic E-state index is 0.361. The standard InChI is InChI=1S/C21H35N5O/c1-18(17-24-10-6-3-7-11-24)16-23-21(22-2)26-14-12-25(13-15-26)19-8-4-5-9-20(19)27/h4-5,8-9,18,27H,3,6-7,10-17H2,1-2H3,(H,22,23). The van der Waals surface area contributed by atoms with Gasteiger partial charge in [0.15, 0.2) is 5.96 Å². The fourth-order valence-corrected chi connectivity index (χ4v) is 4.14. The Kier molecular flexibility index (Phi) is 7.21. The molecular weight excluding hydrogens is 338 g/mol. The number of rotatable bonds is 5. The van der Waals surface area contributed by atoms with Crippen LogP contribution in [0.4, 0.5) is 5.69 Å². The third-order valence-corrected chi connectivity index (χ3v) is 5.64. The van der Waals surface area contributed by atoms with Crippen LogP contribution in [0.1, 0.15) is 26.2 Å². The van der Waals surface area contributed by atoms with Gasteiger partial charge in [-0.15, -0.1) is 0 Å². The normalized spacial score (nSPS) is 20.6. The third-order valence-electron chi connectivity index (χ3n) is 5.64. The Labute approximate surface area is 163 Å². The van der Waals surface area contributed by atoms with Crippen LogP contribution in [0.2, 0.25) is 0 Å². The molecule has 0 amide bonds. The summed E-state index contributed by atoms with van der Waals surface area (Å²) in [6.07, 6.45) is 4.09. The molecule has 2 saturated heterocycles. The smallest absolute Gasteiger partial charge is 0.193 e. The monoisotopic (exact) mass is 373 g/mol. The molecule has 2 aliphatic rings. The topological polar surface area (TPSA) is 54.3 Å². The number of para-hydroxylation sites is 2. The molecule has 150 valence electrons. The van der Waals surface area contributed by atoms with Gasteiger partial charge in [0.1, 0.15) is 5.75 Å². The van der Waals surface area contributed by atoms with Gasteiger partial charge in [-0.05, 0) is 44.0 Å². The number of likely N-dealkylation sites (tertiary alicyclic amines) is 1. The van der Waals surface area contributed by atoms with Gasteiger partial charge in [-0.2, -0.15) is 0 Å². The van der Waals surface area contributed by atoms with Crippen molar-refractivity contribution >= 4 is 11.6 Å². The summed E-state index contributed by atoms with van der Waals surface area (Å²) in [4.78, 5) is 11.7. The zero-order valence-corrected chi connectivity index (χ0v) is 16.9. The first-order chi connectivity index (χ1) is 13.2. The Morgan fingerprint density at radius 1 is 1.07 bits per heavy atom. The lowest BCUT2D eigenvalue weighted by Gasteiger charge is -2.38. The van der Waals surface area contributed by atoms with Gasteiger partial charge in [0.25, 0.3) is 0 Å². The molecule has 0 aliphatic carbocycles. The molecule has 2 aliphatic heterocycles. The zero-order chi connectivity index (χ0) is 19.1. The van der Waals surface area contributed by atoms with Crippen molar-refractivity contribution in [3.8, 4) is 5.75 Å². The first-order valence-corrected chi connectivity index (χ1v) is 10.4. The molecule has 2 N–H and O–H groups in total. The van der Waals surface area contributed by atoms with Crippen molar-refractivity contribution in [3.63, 3.8) is 0 Å². The summed E-state index contributed by atoms with van der Waals surface area (Å²) in [6.45, 7) is 10.6. The van der Waals surface area contributed by atoms with Crippen LogP contribution in [0.15, 0.2) is 29.3 Å².